The van der Waals surface area contributed by atoms with E-state index in [-0.39, 0.29) is 6.42 Å². The fraction of sp³-hybridized carbons (Fsp3) is 0.571. The van der Waals surface area contributed by atoms with E-state index in [1.54, 1.807) is 14.0 Å². The largest absolute Gasteiger partial charge is 0.390 e. The molecule has 1 rings (SSSR count). The summed E-state index contributed by atoms with van der Waals surface area (Å²) in [7, 11) is 1.62. The molecule has 0 bridgehead atoms. The molecule has 1 atom stereocenters. The highest BCUT2D eigenvalue weighted by Crippen LogP contribution is 2.19. The van der Waals surface area contributed by atoms with E-state index in [2.05, 4.69) is 5.32 Å². The zero-order valence-electron chi connectivity index (χ0n) is 11.4. The Kier molecular flexibility index (Phi) is 6.34. The molecule has 0 aliphatic carbocycles. The monoisotopic (exact) mass is 273 g/mol. The van der Waals surface area contributed by atoms with Crippen molar-refractivity contribution in [3.63, 3.8) is 0 Å². The number of hydrogen-bond acceptors (Lipinski definition) is 3. The Morgan fingerprint density at radius 1 is 1.32 bits per heavy atom. The van der Waals surface area contributed by atoms with Crippen LogP contribution >= 0.6 is 0 Å². The zero-order valence-corrected chi connectivity index (χ0v) is 11.4. The number of rotatable bonds is 8. The van der Waals surface area contributed by atoms with Crippen LogP contribution in [-0.4, -0.2) is 37.5 Å². The molecule has 0 heterocycles. The highest BCUT2D eigenvalue weighted by Gasteiger charge is 2.22. The lowest BCUT2D eigenvalue weighted by Crippen LogP contribution is -2.33. The van der Waals surface area contributed by atoms with E-state index in [1.807, 2.05) is 0 Å². The second-order valence-electron chi connectivity index (χ2n) is 4.90. The van der Waals surface area contributed by atoms with Crippen LogP contribution in [0.2, 0.25) is 0 Å². The van der Waals surface area contributed by atoms with Crippen molar-refractivity contribution in [3.05, 3.63) is 35.4 Å². The van der Waals surface area contributed by atoms with Gasteiger partial charge in [-0.05, 0) is 31.5 Å². The smallest absolute Gasteiger partial charge is 0.129 e. The van der Waals surface area contributed by atoms with Gasteiger partial charge in [-0.15, -0.1) is 0 Å². The number of ether oxygens (including phenoxy) is 1. The van der Waals surface area contributed by atoms with Crippen LogP contribution in [0.15, 0.2) is 18.2 Å². The molecule has 0 aliphatic heterocycles. The molecule has 1 aromatic carbocycles. The van der Waals surface area contributed by atoms with Gasteiger partial charge >= 0.3 is 0 Å². The molecule has 2 N–H and O–H groups in total. The van der Waals surface area contributed by atoms with Gasteiger partial charge in [-0.3, -0.25) is 0 Å². The normalized spacial score (nSPS) is 14.4. The van der Waals surface area contributed by atoms with Crippen LogP contribution in [0.4, 0.5) is 8.78 Å². The average Bonchev–Trinajstić information content (AvgIpc) is 2.32. The van der Waals surface area contributed by atoms with E-state index < -0.39 is 17.2 Å². The van der Waals surface area contributed by atoms with Gasteiger partial charge in [0.1, 0.15) is 11.6 Å². The van der Waals surface area contributed by atoms with E-state index in [0.717, 1.165) is 6.07 Å². The number of aliphatic hydroxyl groups is 1. The molecule has 5 heteroatoms. The van der Waals surface area contributed by atoms with Gasteiger partial charge in [0.2, 0.25) is 0 Å². The lowest BCUT2D eigenvalue weighted by molar-refractivity contribution is 0.0501. The average molecular weight is 273 g/mol. The third-order valence-corrected chi connectivity index (χ3v) is 2.91. The van der Waals surface area contributed by atoms with E-state index in [9.17, 15) is 13.9 Å². The molecule has 1 unspecified atom stereocenters. The Balaban J connectivity index is 2.44. The molecule has 0 fully saturated rings. The summed E-state index contributed by atoms with van der Waals surface area (Å²) in [6, 6.07) is 3.41. The maximum Gasteiger partial charge on any atom is 0.129 e. The Hall–Kier alpha value is -1.04. The van der Waals surface area contributed by atoms with Crippen molar-refractivity contribution in [1.29, 1.82) is 0 Å². The van der Waals surface area contributed by atoms with Gasteiger partial charge < -0.3 is 15.2 Å². The fourth-order valence-electron chi connectivity index (χ4n) is 1.82. The van der Waals surface area contributed by atoms with Crippen molar-refractivity contribution in [2.24, 2.45) is 0 Å². The minimum absolute atomic E-state index is 0.158. The molecule has 0 spiro atoms. The minimum atomic E-state index is -1.03. The molecule has 3 nitrogen and oxygen atoms in total. The van der Waals surface area contributed by atoms with E-state index >= 15 is 0 Å². The Morgan fingerprint density at radius 3 is 2.68 bits per heavy atom. The third kappa shape index (κ3) is 6.09. The van der Waals surface area contributed by atoms with Gasteiger partial charge in [0.05, 0.1) is 12.2 Å². The molecular weight excluding hydrogens is 252 g/mol. The molecule has 0 aromatic heterocycles. The number of benzene rings is 1. The van der Waals surface area contributed by atoms with Gasteiger partial charge in [0.25, 0.3) is 0 Å². The predicted octanol–water partition coefficient (Wildman–Crippen LogP) is 1.88. The topological polar surface area (TPSA) is 41.5 Å². The molecule has 108 valence electrons. The second kappa shape index (κ2) is 7.53. The van der Waals surface area contributed by atoms with Gasteiger partial charge in [-0.1, -0.05) is 6.07 Å². The molecule has 19 heavy (non-hydrogen) atoms. The molecule has 0 saturated heterocycles. The van der Waals surface area contributed by atoms with Gasteiger partial charge in [0.15, 0.2) is 0 Å². The van der Waals surface area contributed by atoms with Gasteiger partial charge in [0, 0.05) is 26.1 Å². The van der Waals surface area contributed by atoms with Crippen LogP contribution in [0, 0.1) is 11.6 Å². The van der Waals surface area contributed by atoms with Crippen LogP contribution in [0.1, 0.15) is 18.9 Å². The maximum atomic E-state index is 13.5. The Morgan fingerprint density at radius 2 is 2.05 bits per heavy atom. The summed E-state index contributed by atoms with van der Waals surface area (Å²) in [5, 5.41) is 13.3. The first-order valence-corrected chi connectivity index (χ1v) is 6.30. The standard InChI is InChI=1S/C14H21F2NO2/c1-14(18,5-6-17-7-8-19-2)10-11-3-4-12(15)9-13(11)16/h3-4,9,17-18H,5-8,10H2,1-2H3. The van der Waals surface area contributed by atoms with Gasteiger partial charge in [-0.25, -0.2) is 8.78 Å². The highest BCUT2D eigenvalue weighted by atomic mass is 19.1. The fourth-order valence-corrected chi connectivity index (χ4v) is 1.82. The molecular formula is C14H21F2NO2. The summed E-state index contributed by atoms with van der Waals surface area (Å²) in [5.41, 5.74) is -0.707. The molecule has 0 amide bonds. The number of halogens is 2. The summed E-state index contributed by atoms with van der Waals surface area (Å²) in [6.07, 6.45) is 0.638. The van der Waals surface area contributed by atoms with E-state index in [4.69, 9.17) is 4.74 Å². The predicted molar refractivity (Wildman–Crippen MR) is 70.0 cm³/mol. The lowest BCUT2D eigenvalue weighted by atomic mass is 9.93. The molecule has 0 radical (unpaired) electrons. The van der Waals surface area contributed by atoms with Crippen molar-refractivity contribution in [3.8, 4) is 0 Å². The summed E-state index contributed by atoms with van der Waals surface area (Å²) >= 11 is 0. The van der Waals surface area contributed by atoms with E-state index in [0.29, 0.717) is 31.7 Å². The lowest BCUT2D eigenvalue weighted by Gasteiger charge is -2.23. The summed E-state index contributed by atoms with van der Waals surface area (Å²) in [5.74, 6) is -1.23. The second-order valence-corrected chi connectivity index (χ2v) is 4.90. The van der Waals surface area contributed by atoms with Crippen LogP contribution in [0.25, 0.3) is 0 Å². The summed E-state index contributed by atoms with van der Waals surface area (Å²) < 4.78 is 31.1. The molecule has 1 aromatic rings. The van der Waals surface area contributed by atoms with Crippen molar-refractivity contribution in [1.82, 2.24) is 5.32 Å². The third-order valence-electron chi connectivity index (χ3n) is 2.91. The van der Waals surface area contributed by atoms with Crippen LogP contribution in [0.5, 0.6) is 0 Å². The van der Waals surface area contributed by atoms with Crippen LogP contribution in [0.3, 0.4) is 0 Å². The SMILES string of the molecule is COCCNCCC(C)(O)Cc1ccc(F)cc1F. The van der Waals surface area contributed by atoms with Crippen LogP contribution in [-0.2, 0) is 11.2 Å². The minimum Gasteiger partial charge on any atom is -0.390 e. The Bertz CT molecular complexity index is 397. The van der Waals surface area contributed by atoms with E-state index in [1.165, 1.54) is 12.1 Å². The van der Waals surface area contributed by atoms with Crippen LogP contribution < -0.4 is 5.32 Å². The first kappa shape index (κ1) is 16.0. The highest BCUT2D eigenvalue weighted by molar-refractivity contribution is 5.20. The quantitative estimate of drug-likeness (QED) is 0.711. The summed E-state index contributed by atoms with van der Waals surface area (Å²) in [6.45, 7) is 3.57. The first-order valence-electron chi connectivity index (χ1n) is 6.30. The van der Waals surface area contributed by atoms with Crippen molar-refractivity contribution >= 4 is 0 Å². The van der Waals surface area contributed by atoms with Crippen molar-refractivity contribution < 1.29 is 18.6 Å². The van der Waals surface area contributed by atoms with Gasteiger partial charge in [-0.2, -0.15) is 0 Å². The maximum absolute atomic E-state index is 13.5. The zero-order chi connectivity index (χ0) is 14.3. The number of hydrogen-bond donors (Lipinski definition) is 2. The number of methoxy groups -OCH3 is 1. The Labute approximate surface area is 112 Å². The first-order chi connectivity index (χ1) is 8.94. The molecule has 0 aliphatic rings. The molecule has 0 saturated carbocycles. The summed E-state index contributed by atoms with van der Waals surface area (Å²) in [4.78, 5) is 0. The van der Waals surface area contributed by atoms with Crippen molar-refractivity contribution in [2.45, 2.75) is 25.4 Å². The van der Waals surface area contributed by atoms with Crippen molar-refractivity contribution in [2.75, 3.05) is 26.8 Å². The number of nitrogens with one attached hydrogen (secondary N) is 1.